The molecule has 0 bridgehead atoms. The minimum atomic E-state index is -0.988. The number of carbonyl (C=O) groups is 4. The van der Waals surface area contributed by atoms with Crippen LogP contribution in [0.1, 0.15) is 25.5 Å². The fraction of sp³-hybridized carbons (Fsp3) is 0.400. The number of hydrogen-bond acceptors (Lipinski definition) is 6. The number of rotatable bonds is 5. The van der Waals surface area contributed by atoms with E-state index in [1.54, 1.807) is 47.0 Å². The van der Waals surface area contributed by atoms with Crippen molar-refractivity contribution >= 4 is 36.1 Å². The SMILES string of the molecule is C#CCOC(=O)N[C@@H](C(=O)N[C@@H]1C(=O)N2CC(C)(C)SC12)c1ccccc1.O=CO. The van der Waals surface area contributed by atoms with Gasteiger partial charge in [-0.25, -0.2) is 4.79 Å². The summed E-state index contributed by atoms with van der Waals surface area (Å²) in [7, 11) is 0. The van der Waals surface area contributed by atoms with Crippen molar-refractivity contribution in [3.63, 3.8) is 0 Å². The Labute approximate surface area is 178 Å². The Morgan fingerprint density at radius 1 is 1.43 bits per heavy atom. The van der Waals surface area contributed by atoms with E-state index in [-0.39, 0.29) is 29.1 Å². The quantitative estimate of drug-likeness (QED) is 0.359. The van der Waals surface area contributed by atoms with Crippen LogP contribution >= 0.6 is 11.8 Å². The summed E-state index contributed by atoms with van der Waals surface area (Å²) in [5.74, 6) is 1.62. The Hall–Kier alpha value is -3.19. The standard InChI is InChI=1S/C19H21N3O4S.CH2O2/c1-4-10-26-18(25)21-13(12-8-6-5-7-9-12)15(23)20-14-16(24)22-11-19(2,3)27-17(14)22;2-1-3/h1,5-9,13-14,17H,10-11H2,2-3H3,(H,20,23)(H,21,25);1H,(H,2,3)/t13-,14-,17?;/m1./s1. The molecule has 9 nitrogen and oxygen atoms in total. The van der Waals surface area contributed by atoms with E-state index >= 15 is 0 Å². The zero-order valence-corrected chi connectivity index (χ0v) is 17.3. The molecule has 2 aliphatic heterocycles. The van der Waals surface area contributed by atoms with Gasteiger partial charge in [-0.3, -0.25) is 14.4 Å². The third-order valence-corrected chi connectivity index (χ3v) is 5.91. The minimum Gasteiger partial charge on any atom is -0.483 e. The van der Waals surface area contributed by atoms with Gasteiger partial charge in [0.25, 0.3) is 6.47 Å². The number of amides is 3. The van der Waals surface area contributed by atoms with Gasteiger partial charge in [0.2, 0.25) is 11.8 Å². The number of carbonyl (C=O) groups excluding carboxylic acids is 3. The van der Waals surface area contributed by atoms with Crippen molar-refractivity contribution in [3.05, 3.63) is 35.9 Å². The van der Waals surface area contributed by atoms with Gasteiger partial charge < -0.3 is 25.4 Å². The van der Waals surface area contributed by atoms with E-state index in [4.69, 9.17) is 21.1 Å². The predicted molar refractivity (Wildman–Crippen MR) is 110 cm³/mol. The average molecular weight is 433 g/mol. The predicted octanol–water partition coefficient (Wildman–Crippen LogP) is 0.966. The molecule has 160 valence electrons. The highest BCUT2D eigenvalue weighted by Crippen LogP contribution is 2.46. The summed E-state index contributed by atoms with van der Waals surface area (Å²) >= 11 is 1.66. The van der Waals surface area contributed by atoms with Crippen LogP contribution in [0.2, 0.25) is 0 Å². The number of alkyl carbamates (subject to hydrolysis) is 1. The number of ether oxygens (including phenoxy) is 1. The van der Waals surface area contributed by atoms with Crippen LogP contribution in [0.15, 0.2) is 30.3 Å². The fourth-order valence-corrected chi connectivity index (χ4v) is 4.67. The molecule has 1 unspecified atom stereocenters. The van der Waals surface area contributed by atoms with Gasteiger partial charge in [0, 0.05) is 11.3 Å². The van der Waals surface area contributed by atoms with Crippen LogP contribution in [0.25, 0.3) is 0 Å². The Morgan fingerprint density at radius 2 is 2.07 bits per heavy atom. The van der Waals surface area contributed by atoms with Crippen molar-refractivity contribution in [1.29, 1.82) is 0 Å². The molecule has 3 N–H and O–H groups in total. The van der Waals surface area contributed by atoms with Crippen molar-refractivity contribution in [2.24, 2.45) is 0 Å². The number of terminal acetylenes is 1. The number of carboxylic acid groups (broad SMARTS) is 1. The van der Waals surface area contributed by atoms with E-state index < -0.39 is 24.1 Å². The molecule has 1 aromatic rings. The van der Waals surface area contributed by atoms with Crippen LogP contribution in [0.4, 0.5) is 4.79 Å². The lowest BCUT2D eigenvalue weighted by atomic mass is 10.0. The zero-order chi connectivity index (χ0) is 22.3. The number of benzene rings is 1. The highest BCUT2D eigenvalue weighted by molar-refractivity contribution is 8.01. The van der Waals surface area contributed by atoms with Gasteiger partial charge >= 0.3 is 6.09 Å². The molecule has 2 aliphatic rings. The summed E-state index contributed by atoms with van der Waals surface area (Å²) in [5, 5.41) is 12.1. The Bertz CT molecular complexity index is 839. The molecule has 0 radical (unpaired) electrons. The largest absolute Gasteiger partial charge is 0.483 e. The molecule has 2 saturated heterocycles. The first-order valence-corrected chi connectivity index (χ1v) is 9.90. The summed E-state index contributed by atoms with van der Waals surface area (Å²) in [4.78, 5) is 47.2. The smallest absolute Gasteiger partial charge is 0.409 e. The highest BCUT2D eigenvalue weighted by atomic mass is 32.2. The molecule has 3 rings (SSSR count). The lowest BCUT2D eigenvalue weighted by Gasteiger charge is -2.42. The Balaban J connectivity index is 0.00000101. The molecule has 0 saturated carbocycles. The molecule has 3 atom stereocenters. The van der Waals surface area contributed by atoms with Crippen molar-refractivity contribution in [2.45, 2.75) is 36.1 Å². The normalized spacial score (nSPS) is 21.5. The van der Waals surface area contributed by atoms with Crippen LogP contribution in [0, 0.1) is 12.3 Å². The fourth-order valence-electron chi connectivity index (χ4n) is 3.18. The molecular weight excluding hydrogens is 410 g/mol. The molecule has 0 aliphatic carbocycles. The monoisotopic (exact) mass is 433 g/mol. The van der Waals surface area contributed by atoms with Gasteiger partial charge in [-0.15, -0.1) is 18.2 Å². The van der Waals surface area contributed by atoms with Crippen LogP contribution in [-0.2, 0) is 19.1 Å². The molecular formula is C20H23N3O6S. The molecule has 1 aromatic carbocycles. The van der Waals surface area contributed by atoms with E-state index in [0.717, 1.165) is 0 Å². The lowest BCUT2D eigenvalue weighted by molar-refractivity contribution is -0.148. The minimum absolute atomic E-state index is 0.0457. The van der Waals surface area contributed by atoms with Crippen molar-refractivity contribution in [3.8, 4) is 12.3 Å². The first kappa shape index (κ1) is 23.1. The second-order valence-corrected chi connectivity index (χ2v) is 8.92. The van der Waals surface area contributed by atoms with E-state index in [2.05, 4.69) is 30.4 Å². The Morgan fingerprint density at radius 3 is 2.67 bits per heavy atom. The molecule has 10 heteroatoms. The third kappa shape index (κ3) is 5.45. The van der Waals surface area contributed by atoms with Crippen molar-refractivity contribution < 1.29 is 29.0 Å². The van der Waals surface area contributed by atoms with E-state index in [1.807, 2.05) is 0 Å². The van der Waals surface area contributed by atoms with E-state index in [9.17, 15) is 14.4 Å². The van der Waals surface area contributed by atoms with Gasteiger partial charge in [-0.2, -0.15) is 0 Å². The summed E-state index contributed by atoms with van der Waals surface area (Å²) in [6.07, 6.45) is 4.28. The number of thioether (sulfide) groups is 1. The van der Waals surface area contributed by atoms with Gasteiger partial charge in [-0.05, 0) is 19.4 Å². The first-order valence-electron chi connectivity index (χ1n) is 9.02. The lowest BCUT2D eigenvalue weighted by Crippen LogP contribution is -2.68. The van der Waals surface area contributed by atoms with Gasteiger partial charge in [0.1, 0.15) is 17.5 Å². The molecule has 3 amide bonds. The molecule has 2 fully saturated rings. The number of nitrogens with zero attached hydrogens (tertiary/aromatic N) is 1. The average Bonchev–Trinajstić information content (AvgIpc) is 3.01. The van der Waals surface area contributed by atoms with Crippen LogP contribution in [0.3, 0.4) is 0 Å². The maximum Gasteiger partial charge on any atom is 0.409 e. The molecule has 2 heterocycles. The summed E-state index contributed by atoms with van der Waals surface area (Å²) < 4.78 is 4.77. The maximum atomic E-state index is 12.8. The van der Waals surface area contributed by atoms with Crippen LogP contribution in [0.5, 0.6) is 0 Å². The Kier molecular flexibility index (Phi) is 7.72. The second-order valence-electron chi connectivity index (χ2n) is 7.09. The highest BCUT2D eigenvalue weighted by Gasteiger charge is 2.56. The zero-order valence-electron chi connectivity index (χ0n) is 16.5. The summed E-state index contributed by atoms with van der Waals surface area (Å²) in [5.41, 5.74) is 0.579. The molecule has 0 aromatic heterocycles. The maximum absolute atomic E-state index is 12.8. The first-order chi connectivity index (χ1) is 14.2. The third-order valence-electron chi connectivity index (χ3n) is 4.37. The van der Waals surface area contributed by atoms with Gasteiger partial charge in [0.15, 0.2) is 6.61 Å². The van der Waals surface area contributed by atoms with Crippen molar-refractivity contribution in [2.75, 3.05) is 13.2 Å². The summed E-state index contributed by atoms with van der Waals surface area (Å²) in [6, 6.07) is 7.17. The van der Waals surface area contributed by atoms with E-state index in [0.29, 0.717) is 12.1 Å². The van der Waals surface area contributed by atoms with Crippen molar-refractivity contribution in [1.82, 2.24) is 15.5 Å². The number of nitrogens with one attached hydrogen (secondary N) is 2. The topological polar surface area (TPSA) is 125 Å². The van der Waals surface area contributed by atoms with Gasteiger partial charge in [0.05, 0.1) is 0 Å². The number of fused-ring (bicyclic) bond motifs is 1. The molecule has 30 heavy (non-hydrogen) atoms. The van der Waals surface area contributed by atoms with Gasteiger partial charge in [-0.1, -0.05) is 36.3 Å². The van der Waals surface area contributed by atoms with Crippen LogP contribution < -0.4 is 10.6 Å². The second kappa shape index (κ2) is 10.0. The van der Waals surface area contributed by atoms with Crippen LogP contribution in [-0.4, -0.2) is 63.7 Å². The van der Waals surface area contributed by atoms with E-state index in [1.165, 1.54) is 0 Å². The molecule has 0 spiro atoms. The number of β-lactam (4-membered cyclic amide) rings is 1. The summed E-state index contributed by atoms with van der Waals surface area (Å²) in [6.45, 7) is 4.35. The number of hydrogen-bond donors (Lipinski definition) is 3.